The monoisotopic (exact) mass is 427 g/mol. The number of carbonyl (C=O) groups is 2. The Morgan fingerprint density at radius 3 is 2.67 bits per heavy atom. The van der Waals surface area contributed by atoms with Crippen LogP contribution in [0.5, 0.6) is 0 Å². The molecule has 2 rings (SSSR count). The molecular formula is C16H14ClN3O5S2. The number of hydrogen-bond donors (Lipinski definition) is 1. The van der Waals surface area contributed by atoms with Gasteiger partial charge in [0.1, 0.15) is 11.1 Å². The van der Waals surface area contributed by atoms with Crippen LogP contribution in [0.3, 0.4) is 0 Å². The third-order valence-electron chi connectivity index (χ3n) is 3.31. The minimum absolute atomic E-state index is 0.0110. The summed E-state index contributed by atoms with van der Waals surface area (Å²) in [6.45, 7) is -0.622. The zero-order chi connectivity index (χ0) is 20.2. The van der Waals surface area contributed by atoms with Gasteiger partial charge in [-0.15, -0.1) is 11.3 Å². The Morgan fingerprint density at radius 1 is 1.33 bits per heavy atom. The average molecular weight is 428 g/mol. The summed E-state index contributed by atoms with van der Waals surface area (Å²) in [6.07, 6.45) is 0. The van der Waals surface area contributed by atoms with E-state index >= 15 is 0 Å². The molecule has 1 aromatic heterocycles. The van der Waals surface area contributed by atoms with E-state index in [1.807, 2.05) is 6.07 Å². The van der Waals surface area contributed by atoms with Crippen molar-refractivity contribution in [2.45, 2.75) is 4.90 Å². The molecule has 11 heteroatoms. The first-order chi connectivity index (χ1) is 12.7. The Bertz CT molecular complexity index is 1020. The molecule has 1 amide bonds. The molecule has 0 aliphatic heterocycles. The number of nitriles is 1. The van der Waals surface area contributed by atoms with Crippen LogP contribution in [0.2, 0.25) is 5.02 Å². The van der Waals surface area contributed by atoms with Crippen molar-refractivity contribution >= 4 is 49.8 Å². The highest BCUT2D eigenvalue weighted by atomic mass is 35.5. The number of anilines is 1. The van der Waals surface area contributed by atoms with Crippen LogP contribution in [0.15, 0.2) is 34.5 Å². The summed E-state index contributed by atoms with van der Waals surface area (Å²) < 4.78 is 30.2. The van der Waals surface area contributed by atoms with Crippen LogP contribution in [0.4, 0.5) is 5.00 Å². The number of halogens is 1. The number of amides is 1. The molecule has 0 atom stereocenters. The topological polar surface area (TPSA) is 117 Å². The number of nitrogens with one attached hydrogen (secondary N) is 1. The summed E-state index contributed by atoms with van der Waals surface area (Å²) in [7, 11) is -1.06. The average Bonchev–Trinajstić information content (AvgIpc) is 3.06. The van der Waals surface area contributed by atoms with Gasteiger partial charge in [0.15, 0.2) is 6.61 Å². The fourth-order valence-electron chi connectivity index (χ4n) is 1.90. The van der Waals surface area contributed by atoms with Gasteiger partial charge in [-0.2, -0.15) is 5.26 Å². The van der Waals surface area contributed by atoms with Gasteiger partial charge in [-0.3, -0.25) is 4.79 Å². The predicted molar refractivity (Wildman–Crippen MR) is 100 cm³/mol. The molecule has 1 N–H and O–H groups in total. The molecule has 142 valence electrons. The van der Waals surface area contributed by atoms with Crippen LogP contribution < -0.4 is 5.32 Å². The van der Waals surface area contributed by atoms with E-state index in [2.05, 4.69) is 5.32 Å². The van der Waals surface area contributed by atoms with Crippen LogP contribution >= 0.6 is 22.9 Å². The van der Waals surface area contributed by atoms with E-state index in [4.69, 9.17) is 21.6 Å². The minimum atomic E-state index is -3.76. The second-order valence-corrected chi connectivity index (χ2v) is 8.80. The number of benzene rings is 1. The van der Waals surface area contributed by atoms with E-state index in [0.717, 1.165) is 21.7 Å². The Morgan fingerprint density at radius 2 is 2.04 bits per heavy atom. The summed E-state index contributed by atoms with van der Waals surface area (Å²) in [5, 5.41) is 13.3. The van der Waals surface area contributed by atoms with E-state index < -0.39 is 28.5 Å². The maximum atomic E-state index is 12.2. The predicted octanol–water partition coefficient (Wildman–Crippen LogP) is 2.32. The van der Waals surface area contributed by atoms with Gasteiger partial charge in [-0.05, 0) is 29.6 Å². The first-order valence-electron chi connectivity index (χ1n) is 7.33. The molecule has 8 nitrogen and oxygen atoms in total. The molecule has 0 radical (unpaired) electrons. The lowest BCUT2D eigenvalue weighted by molar-refractivity contribution is -0.119. The molecule has 0 bridgehead atoms. The van der Waals surface area contributed by atoms with Crippen molar-refractivity contribution in [1.29, 1.82) is 5.26 Å². The maximum absolute atomic E-state index is 12.2. The molecule has 0 saturated heterocycles. The smallest absolute Gasteiger partial charge is 0.340 e. The fourth-order valence-corrected chi connectivity index (χ4v) is 3.77. The quantitative estimate of drug-likeness (QED) is 0.707. The van der Waals surface area contributed by atoms with E-state index in [-0.39, 0.29) is 15.5 Å². The number of thiophene rings is 1. The summed E-state index contributed by atoms with van der Waals surface area (Å²) in [5.74, 6) is -1.59. The number of ether oxygens (including phenoxy) is 1. The fraction of sp³-hybridized carbons (Fsp3) is 0.188. The highest BCUT2D eigenvalue weighted by Crippen LogP contribution is 2.24. The van der Waals surface area contributed by atoms with Crippen molar-refractivity contribution in [3.05, 3.63) is 45.8 Å². The van der Waals surface area contributed by atoms with Gasteiger partial charge in [0, 0.05) is 14.1 Å². The van der Waals surface area contributed by atoms with Gasteiger partial charge >= 0.3 is 5.97 Å². The number of rotatable bonds is 6. The van der Waals surface area contributed by atoms with Crippen molar-refractivity contribution in [1.82, 2.24) is 4.31 Å². The van der Waals surface area contributed by atoms with Crippen LogP contribution in [0, 0.1) is 11.3 Å². The van der Waals surface area contributed by atoms with Crippen LogP contribution in [0.25, 0.3) is 0 Å². The zero-order valence-electron chi connectivity index (χ0n) is 14.2. The summed E-state index contributed by atoms with van der Waals surface area (Å²) >= 11 is 7.10. The van der Waals surface area contributed by atoms with Crippen molar-refractivity contribution in [3.63, 3.8) is 0 Å². The minimum Gasteiger partial charge on any atom is -0.452 e. The molecule has 1 aromatic carbocycles. The van der Waals surface area contributed by atoms with E-state index in [1.54, 1.807) is 11.4 Å². The van der Waals surface area contributed by atoms with E-state index in [9.17, 15) is 18.0 Å². The van der Waals surface area contributed by atoms with Crippen LogP contribution in [-0.4, -0.2) is 45.3 Å². The Kier molecular flexibility index (Phi) is 6.56. The molecular weight excluding hydrogens is 414 g/mol. The molecule has 27 heavy (non-hydrogen) atoms. The molecule has 1 heterocycles. The highest BCUT2D eigenvalue weighted by Gasteiger charge is 2.22. The standard InChI is InChI=1S/C16H14ClN3O5S2/c1-20(2)27(23,24)11-3-4-13(17)12(7-11)16(22)25-9-14(21)19-15-10(8-18)5-6-26-15/h3-7H,9H2,1-2H3,(H,19,21). The molecule has 0 spiro atoms. The molecule has 0 saturated carbocycles. The second kappa shape index (κ2) is 8.49. The lowest BCUT2D eigenvalue weighted by Gasteiger charge is -2.13. The van der Waals surface area contributed by atoms with Gasteiger partial charge in [0.2, 0.25) is 10.0 Å². The normalized spacial score (nSPS) is 11.1. The molecule has 0 fully saturated rings. The third-order valence-corrected chi connectivity index (χ3v) is 6.28. The van der Waals surface area contributed by atoms with E-state index in [0.29, 0.717) is 10.6 Å². The number of esters is 1. The Balaban J connectivity index is 2.10. The number of carbonyl (C=O) groups excluding carboxylic acids is 2. The van der Waals surface area contributed by atoms with Gasteiger partial charge in [0.25, 0.3) is 5.91 Å². The second-order valence-electron chi connectivity index (χ2n) is 5.33. The van der Waals surface area contributed by atoms with Gasteiger partial charge in [-0.1, -0.05) is 11.6 Å². The lowest BCUT2D eigenvalue weighted by Crippen LogP contribution is -2.23. The van der Waals surface area contributed by atoms with Gasteiger partial charge in [0.05, 0.1) is 21.0 Å². The highest BCUT2D eigenvalue weighted by molar-refractivity contribution is 7.89. The number of nitrogens with zero attached hydrogens (tertiary/aromatic N) is 2. The lowest BCUT2D eigenvalue weighted by atomic mass is 10.2. The van der Waals surface area contributed by atoms with Crippen molar-refractivity contribution in [2.24, 2.45) is 0 Å². The maximum Gasteiger partial charge on any atom is 0.340 e. The first kappa shape index (κ1) is 20.9. The first-order valence-corrected chi connectivity index (χ1v) is 10.0. The summed E-state index contributed by atoms with van der Waals surface area (Å²) in [5.41, 5.74) is 0.116. The molecule has 0 unspecified atom stereocenters. The molecule has 0 aliphatic carbocycles. The van der Waals surface area contributed by atoms with Crippen molar-refractivity contribution < 1.29 is 22.7 Å². The van der Waals surface area contributed by atoms with Crippen LogP contribution in [-0.2, 0) is 19.6 Å². The van der Waals surface area contributed by atoms with Gasteiger partial charge < -0.3 is 10.1 Å². The SMILES string of the molecule is CN(C)S(=O)(=O)c1ccc(Cl)c(C(=O)OCC(=O)Nc2sccc2C#N)c1. The number of sulfonamides is 1. The Labute approximate surface area is 165 Å². The van der Waals surface area contributed by atoms with Crippen molar-refractivity contribution in [3.8, 4) is 6.07 Å². The van der Waals surface area contributed by atoms with Crippen LogP contribution in [0.1, 0.15) is 15.9 Å². The largest absolute Gasteiger partial charge is 0.452 e. The van der Waals surface area contributed by atoms with Gasteiger partial charge in [-0.25, -0.2) is 17.5 Å². The zero-order valence-corrected chi connectivity index (χ0v) is 16.6. The molecule has 2 aromatic rings. The number of hydrogen-bond acceptors (Lipinski definition) is 7. The summed E-state index contributed by atoms with van der Waals surface area (Å²) in [4.78, 5) is 24.0. The Hall–Kier alpha value is -2.45. The third kappa shape index (κ3) is 4.84. The summed E-state index contributed by atoms with van der Waals surface area (Å²) in [6, 6.07) is 7.08. The van der Waals surface area contributed by atoms with Crippen molar-refractivity contribution in [2.75, 3.05) is 26.0 Å². The molecule has 0 aliphatic rings. The van der Waals surface area contributed by atoms with E-state index in [1.165, 1.54) is 26.2 Å².